The topological polar surface area (TPSA) is 85.4 Å². The summed E-state index contributed by atoms with van der Waals surface area (Å²) < 4.78 is 0. The van der Waals surface area contributed by atoms with Gasteiger partial charge in [0.25, 0.3) is 11.8 Å². The maximum absolute atomic E-state index is 12.2. The molecule has 3 N–H and O–H groups in total. The minimum absolute atomic E-state index is 0.0813. The zero-order valence-corrected chi connectivity index (χ0v) is 12.7. The number of aromatic nitrogens is 1. The Hall–Kier alpha value is -2.38. The van der Waals surface area contributed by atoms with Gasteiger partial charge in [-0.05, 0) is 24.3 Å². The predicted molar refractivity (Wildman–Crippen MR) is 85.7 cm³/mol. The third-order valence-electron chi connectivity index (χ3n) is 3.41. The van der Waals surface area contributed by atoms with E-state index in [1.54, 1.807) is 25.4 Å². The molecule has 0 atom stereocenters. The Labute approximate surface area is 131 Å². The molecule has 0 aromatic carbocycles. The summed E-state index contributed by atoms with van der Waals surface area (Å²) in [6.07, 6.45) is 3.55. The number of thiophene rings is 1. The molecule has 114 valence electrons. The molecule has 0 saturated heterocycles. The number of anilines is 1. The lowest BCUT2D eigenvalue weighted by Gasteiger charge is -2.14. The van der Waals surface area contributed by atoms with Gasteiger partial charge in [0.15, 0.2) is 0 Å². The number of hydrogen-bond acceptors (Lipinski definition) is 4. The standard InChI is InChI=1S/C15H15N3O3S/c1-18(5-6-19)15(21)12-8-11-10(7-9-3-2-4-16-9)13(20)17-14(11)22-12/h2-4,7-8,16,19H,5-6H2,1H3,(H,17,20). The SMILES string of the molecule is CN(CCO)C(=O)c1cc2c(s1)NC(=O)C2=Cc1ccc[nH]1. The van der Waals surface area contributed by atoms with Crippen LogP contribution in [0.3, 0.4) is 0 Å². The van der Waals surface area contributed by atoms with E-state index in [-0.39, 0.29) is 25.0 Å². The van der Waals surface area contributed by atoms with E-state index in [0.717, 1.165) is 11.3 Å². The molecule has 7 heteroatoms. The summed E-state index contributed by atoms with van der Waals surface area (Å²) in [7, 11) is 1.64. The lowest BCUT2D eigenvalue weighted by Crippen LogP contribution is -2.28. The molecule has 6 nitrogen and oxygen atoms in total. The molecule has 0 aliphatic carbocycles. The lowest BCUT2D eigenvalue weighted by atomic mass is 10.1. The Bertz CT molecular complexity index is 746. The molecule has 3 heterocycles. The summed E-state index contributed by atoms with van der Waals surface area (Å²) >= 11 is 1.25. The first-order chi connectivity index (χ1) is 10.6. The van der Waals surface area contributed by atoms with Gasteiger partial charge >= 0.3 is 0 Å². The first kappa shape index (κ1) is 14.6. The van der Waals surface area contributed by atoms with Crippen molar-refractivity contribution < 1.29 is 14.7 Å². The van der Waals surface area contributed by atoms with Crippen molar-refractivity contribution in [3.63, 3.8) is 0 Å². The Balaban J connectivity index is 1.92. The number of nitrogens with zero attached hydrogens (tertiary/aromatic N) is 1. The number of hydrogen-bond donors (Lipinski definition) is 3. The maximum Gasteiger partial charge on any atom is 0.263 e. The fourth-order valence-corrected chi connectivity index (χ4v) is 3.32. The van der Waals surface area contributed by atoms with Crippen LogP contribution in [0.15, 0.2) is 24.4 Å². The normalized spacial score (nSPS) is 15.0. The van der Waals surface area contributed by atoms with Gasteiger partial charge in [0.05, 0.1) is 17.1 Å². The summed E-state index contributed by atoms with van der Waals surface area (Å²) in [6.45, 7) is 0.195. The van der Waals surface area contributed by atoms with Gasteiger partial charge in [0.2, 0.25) is 0 Å². The summed E-state index contributed by atoms with van der Waals surface area (Å²) in [4.78, 5) is 29.3. The van der Waals surface area contributed by atoms with Crippen molar-refractivity contribution in [2.75, 3.05) is 25.5 Å². The van der Waals surface area contributed by atoms with E-state index in [1.807, 2.05) is 12.1 Å². The molecule has 2 aromatic heterocycles. The summed E-state index contributed by atoms with van der Waals surface area (Å²) in [5.41, 5.74) is 2.11. The average Bonchev–Trinajstić information content (AvgIpc) is 3.18. The molecular weight excluding hydrogens is 302 g/mol. The third-order valence-corrected chi connectivity index (χ3v) is 4.45. The van der Waals surface area contributed by atoms with Crippen LogP contribution in [0.25, 0.3) is 11.6 Å². The van der Waals surface area contributed by atoms with Crippen molar-refractivity contribution in [1.29, 1.82) is 0 Å². The first-order valence-electron chi connectivity index (χ1n) is 6.77. The highest BCUT2D eigenvalue weighted by Crippen LogP contribution is 2.40. The van der Waals surface area contributed by atoms with E-state index in [0.29, 0.717) is 15.5 Å². The average molecular weight is 317 g/mol. The number of aliphatic hydroxyl groups is 1. The number of amides is 2. The molecule has 0 fully saturated rings. The molecule has 2 aromatic rings. The molecule has 0 saturated carbocycles. The molecule has 3 rings (SSSR count). The highest BCUT2D eigenvalue weighted by atomic mass is 32.1. The number of rotatable bonds is 4. The third kappa shape index (κ3) is 2.56. The molecule has 22 heavy (non-hydrogen) atoms. The van der Waals surface area contributed by atoms with Crippen molar-refractivity contribution in [3.05, 3.63) is 40.5 Å². The second-order valence-electron chi connectivity index (χ2n) is 4.94. The van der Waals surface area contributed by atoms with E-state index in [2.05, 4.69) is 10.3 Å². The maximum atomic E-state index is 12.2. The number of aliphatic hydroxyl groups excluding tert-OH is 1. The molecule has 2 amide bonds. The van der Waals surface area contributed by atoms with E-state index in [9.17, 15) is 9.59 Å². The van der Waals surface area contributed by atoms with Gasteiger partial charge < -0.3 is 20.3 Å². The molecular formula is C15H15N3O3S. The number of nitrogens with one attached hydrogen (secondary N) is 2. The molecule has 0 spiro atoms. The predicted octanol–water partition coefficient (Wildman–Crippen LogP) is 1.63. The molecule has 0 bridgehead atoms. The van der Waals surface area contributed by atoms with Crippen molar-refractivity contribution in [2.45, 2.75) is 0 Å². The first-order valence-corrected chi connectivity index (χ1v) is 7.58. The Morgan fingerprint density at radius 2 is 2.32 bits per heavy atom. The quantitative estimate of drug-likeness (QED) is 0.749. The number of carbonyl (C=O) groups is 2. The van der Waals surface area contributed by atoms with Gasteiger partial charge in [-0.25, -0.2) is 0 Å². The van der Waals surface area contributed by atoms with Crippen LogP contribution in [-0.4, -0.2) is 47.0 Å². The summed E-state index contributed by atoms with van der Waals surface area (Å²) in [6, 6.07) is 5.45. The number of fused-ring (bicyclic) bond motifs is 1. The summed E-state index contributed by atoms with van der Waals surface area (Å²) in [5, 5.41) is 12.4. The van der Waals surface area contributed by atoms with Gasteiger partial charge in [-0.15, -0.1) is 11.3 Å². The second-order valence-corrected chi connectivity index (χ2v) is 5.99. The van der Waals surface area contributed by atoms with E-state index in [1.165, 1.54) is 16.2 Å². The minimum atomic E-state index is -0.168. The van der Waals surface area contributed by atoms with E-state index in [4.69, 9.17) is 5.11 Å². The van der Waals surface area contributed by atoms with Crippen LogP contribution in [0.1, 0.15) is 20.9 Å². The van der Waals surface area contributed by atoms with Crippen LogP contribution in [-0.2, 0) is 4.79 Å². The van der Waals surface area contributed by atoms with E-state index < -0.39 is 0 Å². The molecule has 0 unspecified atom stereocenters. The molecule has 0 radical (unpaired) electrons. The van der Waals surface area contributed by atoms with Crippen molar-refractivity contribution in [1.82, 2.24) is 9.88 Å². The zero-order valence-electron chi connectivity index (χ0n) is 11.9. The number of likely N-dealkylation sites (N-methyl/N-ethyl adjacent to an activating group) is 1. The van der Waals surface area contributed by atoms with Gasteiger partial charge in [-0.2, -0.15) is 0 Å². The van der Waals surface area contributed by atoms with Gasteiger partial charge in [0, 0.05) is 31.0 Å². The van der Waals surface area contributed by atoms with Crippen molar-refractivity contribution in [2.24, 2.45) is 0 Å². The zero-order chi connectivity index (χ0) is 15.7. The Kier molecular flexibility index (Phi) is 3.82. The van der Waals surface area contributed by atoms with Crippen LogP contribution in [0.5, 0.6) is 0 Å². The van der Waals surface area contributed by atoms with Crippen LogP contribution < -0.4 is 5.32 Å². The molecule has 1 aliphatic heterocycles. The van der Waals surface area contributed by atoms with Crippen molar-refractivity contribution >= 4 is 39.8 Å². The molecule has 1 aliphatic rings. The van der Waals surface area contributed by atoms with Crippen LogP contribution >= 0.6 is 11.3 Å². The second kappa shape index (κ2) is 5.78. The summed E-state index contributed by atoms with van der Waals surface area (Å²) in [5.74, 6) is -0.333. The van der Waals surface area contributed by atoms with Crippen LogP contribution in [0.4, 0.5) is 5.00 Å². The largest absolute Gasteiger partial charge is 0.395 e. The fourth-order valence-electron chi connectivity index (χ4n) is 2.25. The smallest absolute Gasteiger partial charge is 0.263 e. The Morgan fingerprint density at radius 3 is 3.00 bits per heavy atom. The number of aromatic amines is 1. The van der Waals surface area contributed by atoms with Gasteiger partial charge in [0.1, 0.15) is 5.00 Å². The highest BCUT2D eigenvalue weighted by Gasteiger charge is 2.29. The van der Waals surface area contributed by atoms with E-state index >= 15 is 0 Å². The Morgan fingerprint density at radius 1 is 1.50 bits per heavy atom. The van der Waals surface area contributed by atoms with Crippen molar-refractivity contribution in [3.8, 4) is 0 Å². The fraction of sp³-hybridized carbons (Fsp3) is 0.200. The van der Waals surface area contributed by atoms with Crippen LogP contribution in [0, 0.1) is 0 Å². The number of carbonyl (C=O) groups excluding carboxylic acids is 2. The highest BCUT2D eigenvalue weighted by molar-refractivity contribution is 7.18. The number of H-pyrrole nitrogens is 1. The monoisotopic (exact) mass is 317 g/mol. The van der Waals surface area contributed by atoms with Crippen LogP contribution in [0.2, 0.25) is 0 Å². The van der Waals surface area contributed by atoms with Gasteiger partial charge in [-0.1, -0.05) is 0 Å². The van der Waals surface area contributed by atoms with Gasteiger partial charge in [-0.3, -0.25) is 9.59 Å². The lowest BCUT2D eigenvalue weighted by molar-refractivity contribution is -0.110. The minimum Gasteiger partial charge on any atom is -0.395 e.